The lowest BCUT2D eigenvalue weighted by Crippen LogP contribution is -2.08. The van der Waals surface area contributed by atoms with Crippen molar-refractivity contribution in [1.82, 2.24) is 4.98 Å². The summed E-state index contributed by atoms with van der Waals surface area (Å²) in [6.45, 7) is 0. The average Bonchev–Trinajstić information content (AvgIpc) is 3.03. The van der Waals surface area contributed by atoms with E-state index >= 15 is 0 Å². The van der Waals surface area contributed by atoms with E-state index in [1.807, 2.05) is 12.3 Å². The first-order valence-electron chi connectivity index (χ1n) is 7.03. The molecule has 24 heavy (non-hydrogen) atoms. The molecule has 0 spiro atoms. The number of pyridine rings is 1. The summed E-state index contributed by atoms with van der Waals surface area (Å²) in [6, 6.07) is 8.43. The Kier molecular flexibility index (Phi) is 4.66. The van der Waals surface area contributed by atoms with Gasteiger partial charge in [0, 0.05) is 0 Å². The van der Waals surface area contributed by atoms with E-state index in [0.29, 0.717) is 23.6 Å². The normalized spacial score (nSPS) is 17.3. The molecule has 0 saturated heterocycles. The van der Waals surface area contributed by atoms with E-state index in [1.54, 1.807) is 12.3 Å². The highest BCUT2D eigenvalue weighted by Crippen LogP contribution is 2.33. The van der Waals surface area contributed by atoms with E-state index in [2.05, 4.69) is 10.1 Å². The topological polar surface area (TPSA) is 43.7 Å². The van der Waals surface area contributed by atoms with Crippen LogP contribution in [0.1, 0.15) is 23.7 Å². The minimum absolute atomic E-state index is 0.343. The van der Waals surface area contributed by atoms with Gasteiger partial charge in [0.15, 0.2) is 6.10 Å². The standard InChI is InChI=1S/C16H13F3N2O2S/c1-24-15-7-6-12(9-20-15)22-14-8-13(23-21-14)10-2-4-11(5-3-10)16(17,18)19/h2-7,9,13H,8H2,1H3/t13-/m1/s1. The predicted octanol–water partition coefficient (Wildman–Crippen LogP) is 4.68. The molecule has 1 aromatic heterocycles. The van der Waals surface area contributed by atoms with Crippen LogP contribution in [0, 0.1) is 0 Å². The zero-order valence-corrected chi connectivity index (χ0v) is 13.4. The summed E-state index contributed by atoms with van der Waals surface area (Å²) >= 11 is 1.52. The van der Waals surface area contributed by atoms with E-state index in [0.717, 1.165) is 17.2 Å². The van der Waals surface area contributed by atoms with Gasteiger partial charge in [-0.05, 0) is 36.1 Å². The number of nitrogens with zero attached hydrogens (tertiary/aromatic N) is 2. The molecule has 0 radical (unpaired) electrons. The van der Waals surface area contributed by atoms with Crippen LogP contribution in [-0.2, 0) is 11.0 Å². The van der Waals surface area contributed by atoms with Crippen LogP contribution in [0.15, 0.2) is 52.8 Å². The van der Waals surface area contributed by atoms with Crippen molar-refractivity contribution in [2.75, 3.05) is 6.26 Å². The second kappa shape index (κ2) is 6.72. The van der Waals surface area contributed by atoms with E-state index < -0.39 is 17.8 Å². The number of thioether (sulfide) groups is 1. The highest BCUT2D eigenvalue weighted by atomic mass is 32.2. The van der Waals surface area contributed by atoms with E-state index in [9.17, 15) is 13.2 Å². The number of halogens is 3. The maximum absolute atomic E-state index is 12.6. The van der Waals surface area contributed by atoms with Crippen LogP contribution in [0.3, 0.4) is 0 Å². The van der Waals surface area contributed by atoms with Gasteiger partial charge < -0.3 is 9.57 Å². The van der Waals surface area contributed by atoms with Crippen LogP contribution in [-0.4, -0.2) is 17.1 Å². The summed E-state index contributed by atoms with van der Waals surface area (Å²) in [6.07, 6.45) is -0.960. The predicted molar refractivity (Wildman–Crippen MR) is 84.0 cm³/mol. The molecule has 0 aliphatic carbocycles. The molecule has 0 unspecified atom stereocenters. The summed E-state index contributed by atoms with van der Waals surface area (Å²) in [4.78, 5) is 9.44. The van der Waals surface area contributed by atoms with Gasteiger partial charge in [-0.15, -0.1) is 11.8 Å². The fourth-order valence-corrected chi connectivity index (χ4v) is 2.53. The summed E-state index contributed by atoms with van der Waals surface area (Å²) < 4.78 is 43.3. The molecule has 1 atom stereocenters. The molecule has 0 fully saturated rings. The zero-order chi connectivity index (χ0) is 17.2. The highest BCUT2D eigenvalue weighted by Gasteiger charge is 2.31. The lowest BCUT2D eigenvalue weighted by atomic mass is 10.0. The molecule has 126 valence electrons. The molecule has 0 bridgehead atoms. The van der Waals surface area contributed by atoms with Crippen molar-refractivity contribution in [3.05, 3.63) is 53.7 Å². The Morgan fingerprint density at radius 2 is 1.92 bits per heavy atom. The maximum Gasteiger partial charge on any atom is 0.416 e. The molecular formula is C16H13F3N2O2S. The van der Waals surface area contributed by atoms with Crippen LogP contribution in [0.25, 0.3) is 0 Å². The number of ether oxygens (including phenoxy) is 1. The molecule has 1 aliphatic rings. The van der Waals surface area contributed by atoms with Gasteiger partial charge in [0.25, 0.3) is 0 Å². The number of alkyl halides is 3. The zero-order valence-electron chi connectivity index (χ0n) is 12.6. The van der Waals surface area contributed by atoms with Gasteiger partial charge in [0.2, 0.25) is 5.90 Å². The molecule has 0 saturated carbocycles. The number of hydrogen-bond donors (Lipinski definition) is 0. The lowest BCUT2D eigenvalue weighted by Gasteiger charge is -2.10. The Morgan fingerprint density at radius 1 is 1.17 bits per heavy atom. The van der Waals surface area contributed by atoms with Gasteiger partial charge >= 0.3 is 6.18 Å². The molecule has 3 rings (SSSR count). The Balaban J connectivity index is 1.61. The molecule has 0 N–H and O–H groups in total. The summed E-state index contributed by atoms with van der Waals surface area (Å²) in [5.74, 6) is 0.891. The van der Waals surface area contributed by atoms with Crippen LogP contribution in [0.5, 0.6) is 5.75 Å². The van der Waals surface area contributed by atoms with E-state index in [1.165, 1.54) is 23.9 Å². The Labute approximate surface area is 140 Å². The minimum atomic E-state index is -4.35. The summed E-state index contributed by atoms with van der Waals surface area (Å²) in [5.41, 5.74) is -0.0807. The molecule has 2 heterocycles. The minimum Gasteiger partial charge on any atom is -0.438 e. The second-order valence-corrected chi connectivity index (χ2v) is 5.87. The molecule has 0 amide bonds. The van der Waals surface area contributed by atoms with Gasteiger partial charge in [-0.3, -0.25) is 0 Å². The van der Waals surface area contributed by atoms with Crippen molar-refractivity contribution in [1.29, 1.82) is 0 Å². The van der Waals surface area contributed by atoms with Crippen molar-refractivity contribution in [3.8, 4) is 5.75 Å². The van der Waals surface area contributed by atoms with Gasteiger partial charge in [0.1, 0.15) is 5.75 Å². The Hall–Kier alpha value is -2.22. The van der Waals surface area contributed by atoms with Crippen LogP contribution in [0.2, 0.25) is 0 Å². The Bertz CT molecular complexity index is 730. The van der Waals surface area contributed by atoms with Crippen molar-refractivity contribution in [2.24, 2.45) is 5.16 Å². The van der Waals surface area contributed by atoms with Gasteiger partial charge in [-0.25, -0.2) is 4.98 Å². The molecular weight excluding hydrogens is 341 g/mol. The second-order valence-electron chi connectivity index (χ2n) is 5.04. The fourth-order valence-electron chi connectivity index (χ4n) is 2.17. The molecule has 1 aliphatic heterocycles. The third kappa shape index (κ3) is 3.81. The highest BCUT2D eigenvalue weighted by molar-refractivity contribution is 7.98. The van der Waals surface area contributed by atoms with E-state index in [-0.39, 0.29) is 0 Å². The smallest absolute Gasteiger partial charge is 0.416 e. The molecule has 2 aromatic rings. The van der Waals surface area contributed by atoms with Crippen LogP contribution >= 0.6 is 11.8 Å². The van der Waals surface area contributed by atoms with Crippen molar-refractivity contribution >= 4 is 17.7 Å². The number of benzene rings is 1. The largest absolute Gasteiger partial charge is 0.438 e. The van der Waals surface area contributed by atoms with Gasteiger partial charge in [-0.2, -0.15) is 13.2 Å². The van der Waals surface area contributed by atoms with Crippen molar-refractivity contribution in [3.63, 3.8) is 0 Å². The van der Waals surface area contributed by atoms with Crippen molar-refractivity contribution < 1.29 is 22.7 Å². The molecule has 1 aromatic carbocycles. The number of oxime groups is 1. The fraction of sp³-hybridized carbons (Fsp3) is 0.250. The monoisotopic (exact) mass is 354 g/mol. The third-order valence-electron chi connectivity index (χ3n) is 3.41. The quantitative estimate of drug-likeness (QED) is 0.751. The van der Waals surface area contributed by atoms with Crippen LogP contribution in [0.4, 0.5) is 13.2 Å². The molecule has 4 nitrogen and oxygen atoms in total. The van der Waals surface area contributed by atoms with E-state index in [4.69, 9.17) is 9.57 Å². The van der Waals surface area contributed by atoms with Crippen molar-refractivity contribution in [2.45, 2.75) is 23.7 Å². The number of hydrogen-bond acceptors (Lipinski definition) is 5. The average molecular weight is 354 g/mol. The summed E-state index contributed by atoms with van der Waals surface area (Å²) in [5, 5.41) is 4.71. The first-order valence-corrected chi connectivity index (χ1v) is 8.26. The van der Waals surface area contributed by atoms with Gasteiger partial charge in [-0.1, -0.05) is 17.3 Å². The number of aromatic nitrogens is 1. The van der Waals surface area contributed by atoms with Gasteiger partial charge in [0.05, 0.1) is 23.2 Å². The lowest BCUT2D eigenvalue weighted by molar-refractivity contribution is -0.137. The number of rotatable bonds is 3. The third-order valence-corrected chi connectivity index (χ3v) is 4.07. The summed E-state index contributed by atoms with van der Waals surface area (Å²) in [7, 11) is 0. The Morgan fingerprint density at radius 3 is 2.50 bits per heavy atom. The van der Waals surface area contributed by atoms with Crippen LogP contribution < -0.4 is 4.74 Å². The SMILES string of the molecule is CSc1ccc(OC2=NO[C@@H](c3ccc(C(F)(F)F)cc3)C2)cn1. The first kappa shape index (κ1) is 16.6. The molecule has 8 heteroatoms. The maximum atomic E-state index is 12.6. The first-order chi connectivity index (χ1) is 11.5.